The van der Waals surface area contributed by atoms with E-state index in [2.05, 4.69) is 4.98 Å². The molecule has 0 amide bonds. The molecule has 4 heteroatoms. The second-order valence-electron chi connectivity index (χ2n) is 3.65. The number of rotatable bonds is 2. The van der Waals surface area contributed by atoms with E-state index in [4.69, 9.17) is 0 Å². The van der Waals surface area contributed by atoms with Gasteiger partial charge in [-0.05, 0) is 25.5 Å². The van der Waals surface area contributed by atoms with Gasteiger partial charge in [-0.15, -0.1) is 0 Å². The number of alkyl halides is 2. The van der Waals surface area contributed by atoms with Gasteiger partial charge in [-0.2, -0.15) is 0 Å². The van der Waals surface area contributed by atoms with Crippen molar-refractivity contribution in [2.24, 2.45) is 0 Å². The Morgan fingerprint density at radius 2 is 1.88 bits per heavy atom. The number of benzene rings is 1. The molecule has 0 aliphatic carbocycles. The first-order chi connectivity index (χ1) is 7.61. The first kappa shape index (κ1) is 10.8. The van der Waals surface area contributed by atoms with Crippen LogP contribution in [0.1, 0.15) is 23.5 Å². The molecule has 1 heterocycles. The zero-order valence-electron chi connectivity index (χ0n) is 9.11. The van der Waals surface area contributed by atoms with Gasteiger partial charge in [0.1, 0.15) is 11.5 Å². The van der Waals surface area contributed by atoms with Crippen molar-refractivity contribution in [2.45, 2.75) is 20.3 Å². The predicted octanol–water partition coefficient (Wildman–Crippen LogP) is 3.43. The van der Waals surface area contributed by atoms with E-state index in [9.17, 15) is 8.78 Å². The third kappa shape index (κ3) is 1.71. The summed E-state index contributed by atoms with van der Waals surface area (Å²) in [6, 6.07) is 7.42. The van der Waals surface area contributed by atoms with E-state index in [-0.39, 0.29) is 5.69 Å². The molecule has 1 aromatic heterocycles. The van der Waals surface area contributed by atoms with Gasteiger partial charge in [0.2, 0.25) is 0 Å². The van der Waals surface area contributed by atoms with Crippen LogP contribution >= 0.6 is 0 Å². The molecule has 1 aromatic carbocycles. The minimum Gasteiger partial charge on any atom is -0.295 e. The molecule has 0 spiro atoms. The second kappa shape index (κ2) is 4.04. The molecule has 0 atom stereocenters. The average Bonchev–Trinajstić information content (AvgIpc) is 2.61. The van der Waals surface area contributed by atoms with E-state index in [0.717, 1.165) is 11.3 Å². The summed E-state index contributed by atoms with van der Waals surface area (Å²) in [6.07, 6.45) is -1.28. The van der Waals surface area contributed by atoms with Crippen LogP contribution < -0.4 is 0 Å². The maximum absolute atomic E-state index is 12.8. The van der Waals surface area contributed by atoms with Gasteiger partial charge in [-0.3, -0.25) is 4.57 Å². The summed E-state index contributed by atoms with van der Waals surface area (Å²) in [5.41, 5.74) is 1.64. The molecule has 0 fully saturated rings. The fourth-order valence-corrected chi connectivity index (χ4v) is 1.74. The number of imidazole rings is 1. The van der Waals surface area contributed by atoms with Crippen molar-refractivity contribution >= 4 is 0 Å². The second-order valence-corrected chi connectivity index (χ2v) is 3.65. The van der Waals surface area contributed by atoms with Gasteiger partial charge in [0.25, 0.3) is 6.43 Å². The summed E-state index contributed by atoms with van der Waals surface area (Å²) in [7, 11) is 0. The summed E-state index contributed by atoms with van der Waals surface area (Å²) >= 11 is 0. The zero-order valence-corrected chi connectivity index (χ0v) is 9.11. The van der Waals surface area contributed by atoms with Crippen LogP contribution in [0.5, 0.6) is 0 Å². The SMILES string of the molecule is Cc1ccccc1-n1c(C(F)F)cnc1C. The van der Waals surface area contributed by atoms with Crippen LogP contribution in [0.3, 0.4) is 0 Å². The number of hydrogen-bond acceptors (Lipinski definition) is 1. The van der Waals surface area contributed by atoms with Gasteiger partial charge in [0.15, 0.2) is 0 Å². The molecule has 0 saturated heterocycles. The van der Waals surface area contributed by atoms with Crippen LogP contribution in [0.4, 0.5) is 8.78 Å². The van der Waals surface area contributed by atoms with Gasteiger partial charge in [-0.1, -0.05) is 18.2 Å². The largest absolute Gasteiger partial charge is 0.295 e. The van der Waals surface area contributed by atoms with Crippen molar-refractivity contribution in [3.8, 4) is 5.69 Å². The van der Waals surface area contributed by atoms with Crippen molar-refractivity contribution in [3.63, 3.8) is 0 Å². The molecule has 0 N–H and O–H groups in total. The molecule has 2 aromatic rings. The molecule has 84 valence electrons. The fourth-order valence-electron chi connectivity index (χ4n) is 1.74. The number of nitrogens with zero attached hydrogens (tertiary/aromatic N) is 2. The van der Waals surface area contributed by atoms with Crippen LogP contribution in [0, 0.1) is 13.8 Å². The Hall–Kier alpha value is -1.71. The highest BCUT2D eigenvalue weighted by Crippen LogP contribution is 2.25. The monoisotopic (exact) mass is 222 g/mol. The summed E-state index contributed by atoms with van der Waals surface area (Å²) < 4.78 is 27.1. The molecule has 0 unspecified atom stereocenters. The average molecular weight is 222 g/mol. The number of aryl methyl sites for hydroxylation is 2. The third-order valence-electron chi connectivity index (χ3n) is 2.55. The van der Waals surface area contributed by atoms with Gasteiger partial charge in [0.05, 0.1) is 11.9 Å². The third-order valence-corrected chi connectivity index (χ3v) is 2.55. The molecule has 2 rings (SSSR count). The van der Waals surface area contributed by atoms with Crippen molar-refractivity contribution in [3.05, 3.63) is 47.5 Å². The Morgan fingerprint density at radius 3 is 2.50 bits per heavy atom. The first-order valence-electron chi connectivity index (χ1n) is 4.99. The lowest BCUT2D eigenvalue weighted by Gasteiger charge is -2.12. The van der Waals surface area contributed by atoms with Crippen molar-refractivity contribution in [1.29, 1.82) is 0 Å². The zero-order chi connectivity index (χ0) is 11.7. The summed E-state index contributed by atoms with van der Waals surface area (Å²) in [5, 5.41) is 0. The molecule has 0 saturated carbocycles. The normalized spacial score (nSPS) is 11.1. The predicted molar refractivity (Wildman–Crippen MR) is 58.0 cm³/mol. The fraction of sp³-hybridized carbons (Fsp3) is 0.250. The molecule has 0 bridgehead atoms. The number of para-hydroxylation sites is 1. The minimum atomic E-state index is -2.51. The van der Waals surface area contributed by atoms with Crippen molar-refractivity contribution in [2.75, 3.05) is 0 Å². The minimum absolute atomic E-state index is 0.0631. The van der Waals surface area contributed by atoms with E-state index in [1.54, 1.807) is 6.92 Å². The highest BCUT2D eigenvalue weighted by molar-refractivity contribution is 5.42. The Kier molecular flexibility index (Phi) is 2.73. The molecular weight excluding hydrogens is 210 g/mol. The van der Waals surface area contributed by atoms with E-state index < -0.39 is 6.43 Å². The van der Waals surface area contributed by atoms with Crippen LogP contribution in [0.25, 0.3) is 5.69 Å². The van der Waals surface area contributed by atoms with Crippen molar-refractivity contribution < 1.29 is 8.78 Å². The Morgan fingerprint density at radius 1 is 1.19 bits per heavy atom. The van der Waals surface area contributed by atoms with Gasteiger partial charge >= 0.3 is 0 Å². The maximum atomic E-state index is 12.8. The van der Waals surface area contributed by atoms with Crippen LogP contribution in [0.2, 0.25) is 0 Å². The van der Waals surface area contributed by atoms with E-state index >= 15 is 0 Å². The summed E-state index contributed by atoms with van der Waals surface area (Å²) in [5.74, 6) is 0.574. The topological polar surface area (TPSA) is 17.8 Å². The Balaban J connectivity index is 2.64. The molecule has 16 heavy (non-hydrogen) atoms. The lowest BCUT2D eigenvalue weighted by molar-refractivity contribution is 0.144. The van der Waals surface area contributed by atoms with Crippen LogP contribution in [-0.4, -0.2) is 9.55 Å². The summed E-state index contributed by atoms with van der Waals surface area (Å²) in [4.78, 5) is 3.94. The highest BCUT2D eigenvalue weighted by Gasteiger charge is 2.17. The highest BCUT2D eigenvalue weighted by atomic mass is 19.3. The van der Waals surface area contributed by atoms with E-state index in [0.29, 0.717) is 5.82 Å². The standard InChI is InChI=1S/C12H12F2N2/c1-8-5-3-4-6-10(8)16-9(2)15-7-11(16)12(13)14/h3-7,12H,1-2H3. The number of hydrogen-bond donors (Lipinski definition) is 0. The molecule has 0 aliphatic heterocycles. The molecule has 2 nitrogen and oxygen atoms in total. The maximum Gasteiger partial charge on any atom is 0.280 e. The van der Waals surface area contributed by atoms with Gasteiger partial charge in [0, 0.05) is 0 Å². The van der Waals surface area contributed by atoms with Gasteiger partial charge < -0.3 is 0 Å². The lowest BCUT2D eigenvalue weighted by atomic mass is 10.2. The van der Waals surface area contributed by atoms with Crippen LogP contribution in [-0.2, 0) is 0 Å². The number of aromatic nitrogens is 2. The molecule has 0 aliphatic rings. The van der Waals surface area contributed by atoms with Crippen molar-refractivity contribution in [1.82, 2.24) is 9.55 Å². The first-order valence-corrected chi connectivity index (χ1v) is 4.99. The molecule has 0 radical (unpaired) electrons. The molecular formula is C12H12F2N2. The van der Waals surface area contributed by atoms with E-state index in [1.807, 2.05) is 31.2 Å². The van der Waals surface area contributed by atoms with E-state index in [1.165, 1.54) is 10.8 Å². The quantitative estimate of drug-likeness (QED) is 0.761. The van der Waals surface area contributed by atoms with Gasteiger partial charge in [-0.25, -0.2) is 13.8 Å². The Bertz CT molecular complexity index is 503. The summed E-state index contributed by atoms with van der Waals surface area (Å²) in [6.45, 7) is 3.61. The number of halogens is 2. The smallest absolute Gasteiger partial charge is 0.280 e. The Labute approximate surface area is 92.6 Å². The van der Waals surface area contributed by atoms with Crippen LogP contribution in [0.15, 0.2) is 30.5 Å². The lowest BCUT2D eigenvalue weighted by Crippen LogP contribution is -2.04.